The molecule has 0 fully saturated rings. The maximum atomic E-state index is 11.8. The Balaban J connectivity index is 2.07. The molecule has 5 nitrogen and oxygen atoms in total. The van der Waals surface area contributed by atoms with E-state index in [4.69, 9.17) is 4.74 Å². The Hall–Kier alpha value is -2.56. The van der Waals surface area contributed by atoms with E-state index in [1.807, 2.05) is 37.3 Å². The summed E-state index contributed by atoms with van der Waals surface area (Å²) in [4.78, 5) is 15.9. The van der Waals surface area contributed by atoms with E-state index >= 15 is 0 Å². The number of ether oxygens (including phenoxy) is 1. The van der Waals surface area contributed by atoms with Crippen LogP contribution in [-0.2, 0) is 0 Å². The summed E-state index contributed by atoms with van der Waals surface area (Å²) in [6, 6.07) is 11.1. The zero-order valence-corrected chi connectivity index (χ0v) is 12.2. The molecule has 0 atom stereocenters. The molecule has 1 aromatic heterocycles. The standard InChI is InChI=1S/C16H19N3O2/c1-3-10-17-16(20)14-9-8-12(11-18-14)19-13-6-4-5-7-15(13)21-2/h4-9,11,19H,3,10H2,1-2H3,(H,17,20). The van der Waals surface area contributed by atoms with E-state index in [0.717, 1.165) is 23.5 Å². The second kappa shape index (κ2) is 7.28. The van der Waals surface area contributed by atoms with Crippen LogP contribution in [0.1, 0.15) is 23.8 Å². The molecule has 1 aromatic carbocycles. The lowest BCUT2D eigenvalue weighted by atomic mass is 10.2. The van der Waals surface area contributed by atoms with E-state index in [9.17, 15) is 4.79 Å². The van der Waals surface area contributed by atoms with E-state index in [1.54, 1.807) is 19.4 Å². The summed E-state index contributed by atoms with van der Waals surface area (Å²) >= 11 is 0. The molecule has 0 radical (unpaired) electrons. The highest BCUT2D eigenvalue weighted by atomic mass is 16.5. The zero-order valence-electron chi connectivity index (χ0n) is 12.2. The molecule has 2 rings (SSSR count). The first kappa shape index (κ1) is 14.8. The molecular weight excluding hydrogens is 266 g/mol. The quantitative estimate of drug-likeness (QED) is 0.856. The average molecular weight is 285 g/mol. The Labute approximate surface area is 124 Å². The number of carbonyl (C=O) groups excluding carboxylic acids is 1. The maximum Gasteiger partial charge on any atom is 0.269 e. The first-order valence-electron chi connectivity index (χ1n) is 6.89. The molecule has 0 bridgehead atoms. The van der Waals surface area contributed by atoms with Crippen LogP contribution in [0, 0.1) is 0 Å². The number of nitrogens with one attached hydrogen (secondary N) is 2. The molecule has 1 heterocycles. The highest BCUT2D eigenvalue weighted by Crippen LogP contribution is 2.26. The first-order valence-corrected chi connectivity index (χ1v) is 6.89. The van der Waals surface area contributed by atoms with Crippen LogP contribution in [0.5, 0.6) is 5.75 Å². The van der Waals surface area contributed by atoms with Gasteiger partial charge in [-0.2, -0.15) is 0 Å². The molecule has 21 heavy (non-hydrogen) atoms. The second-order valence-corrected chi connectivity index (χ2v) is 4.51. The fourth-order valence-corrected chi connectivity index (χ4v) is 1.83. The Morgan fingerprint density at radius 1 is 1.24 bits per heavy atom. The van der Waals surface area contributed by atoms with Gasteiger partial charge in [0.1, 0.15) is 11.4 Å². The lowest BCUT2D eigenvalue weighted by Gasteiger charge is -2.11. The third kappa shape index (κ3) is 3.95. The van der Waals surface area contributed by atoms with Crippen LogP contribution in [0.3, 0.4) is 0 Å². The van der Waals surface area contributed by atoms with E-state index in [0.29, 0.717) is 12.2 Å². The predicted octanol–water partition coefficient (Wildman–Crippen LogP) is 2.97. The average Bonchev–Trinajstić information content (AvgIpc) is 2.54. The topological polar surface area (TPSA) is 63.2 Å². The number of hydrogen-bond donors (Lipinski definition) is 2. The van der Waals surface area contributed by atoms with Crippen LogP contribution in [0.15, 0.2) is 42.6 Å². The van der Waals surface area contributed by atoms with Crippen molar-refractivity contribution in [2.45, 2.75) is 13.3 Å². The SMILES string of the molecule is CCCNC(=O)c1ccc(Nc2ccccc2OC)cn1. The van der Waals surface area contributed by atoms with Crippen LogP contribution in [-0.4, -0.2) is 24.5 Å². The van der Waals surface area contributed by atoms with Gasteiger partial charge in [0.2, 0.25) is 0 Å². The molecule has 0 spiro atoms. The van der Waals surface area contributed by atoms with Gasteiger partial charge in [0, 0.05) is 6.54 Å². The molecule has 0 saturated heterocycles. The molecule has 0 saturated carbocycles. The monoisotopic (exact) mass is 285 g/mol. The third-order valence-corrected chi connectivity index (χ3v) is 2.92. The summed E-state index contributed by atoms with van der Waals surface area (Å²) in [6.07, 6.45) is 2.53. The van der Waals surface area contributed by atoms with Crippen molar-refractivity contribution in [3.05, 3.63) is 48.3 Å². The number of para-hydroxylation sites is 2. The summed E-state index contributed by atoms with van der Waals surface area (Å²) in [5, 5.41) is 6.01. The number of aromatic nitrogens is 1. The molecule has 5 heteroatoms. The fraction of sp³-hybridized carbons (Fsp3) is 0.250. The Morgan fingerprint density at radius 2 is 2.05 bits per heavy atom. The summed E-state index contributed by atoms with van der Waals surface area (Å²) in [7, 11) is 1.62. The lowest BCUT2D eigenvalue weighted by Crippen LogP contribution is -2.24. The number of nitrogens with zero attached hydrogens (tertiary/aromatic N) is 1. The number of carbonyl (C=O) groups is 1. The van der Waals surface area contributed by atoms with Crippen molar-refractivity contribution in [3.63, 3.8) is 0 Å². The number of hydrogen-bond acceptors (Lipinski definition) is 4. The van der Waals surface area contributed by atoms with Crippen molar-refractivity contribution >= 4 is 17.3 Å². The molecule has 0 aliphatic carbocycles. The molecule has 2 N–H and O–H groups in total. The minimum absolute atomic E-state index is 0.152. The predicted molar refractivity (Wildman–Crippen MR) is 83.1 cm³/mol. The van der Waals surface area contributed by atoms with Gasteiger partial charge < -0.3 is 15.4 Å². The summed E-state index contributed by atoms with van der Waals surface area (Å²) in [6.45, 7) is 2.66. The van der Waals surface area contributed by atoms with E-state index in [1.165, 1.54) is 0 Å². The van der Waals surface area contributed by atoms with Crippen molar-refractivity contribution in [1.82, 2.24) is 10.3 Å². The Kier molecular flexibility index (Phi) is 5.15. The van der Waals surface area contributed by atoms with Gasteiger partial charge in [-0.25, -0.2) is 4.98 Å². The van der Waals surface area contributed by atoms with Crippen LogP contribution in [0.2, 0.25) is 0 Å². The first-order chi connectivity index (χ1) is 10.2. The number of anilines is 2. The zero-order chi connectivity index (χ0) is 15.1. The normalized spacial score (nSPS) is 10.0. The second-order valence-electron chi connectivity index (χ2n) is 4.51. The molecule has 1 amide bonds. The van der Waals surface area contributed by atoms with Crippen molar-refractivity contribution in [3.8, 4) is 5.75 Å². The van der Waals surface area contributed by atoms with Gasteiger partial charge in [0.05, 0.1) is 24.7 Å². The number of amides is 1. The molecular formula is C16H19N3O2. The van der Waals surface area contributed by atoms with Crippen molar-refractivity contribution < 1.29 is 9.53 Å². The van der Waals surface area contributed by atoms with Gasteiger partial charge in [-0.15, -0.1) is 0 Å². The number of methoxy groups -OCH3 is 1. The van der Waals surface area contributed by atoms with Crippen LogP contribution >= 0.6 is 0 Å². The van der Waals surface area contributed by atoms with Crippen molar-refractivity contribution in [2.75, 3.05) is 19.0 Å². The Bertz CT molecular complexity index is 597. The smallest absolute Gasteiger partial charge is 0.269 e. The van der Waals surface area contributed by atoms with E-state index < -0.39 is 0 Å². The summed E-state index contributed by atoms with van der Waals surface area (Å²) in [5.74, 6) is 0.600. The number of pyridine rings is 1. The van der Waals surface area contributed by atoms with Gasteiger partial charge in [0.15, 0.2) is 0 Å². The maximum absolute atomic E-state index is 11.8. The minimum atomic E-state index is -0.152. The van der Waals surface area contributed by atoms with Crippen LogP contribution in [0.25, 0.3) is 0 Å². The van der Waals surface area contributed by atoms with Crippen molar-refractivity contribution in [1.29, 1.82) is 0 Å². The fourth-order valence-electron chi connectivity index (χ4n) is 1.83. The number of benzene rings is 1. The van der Waals surface area contributed by atoms with Gasteiger partial charge >= 0.3 is 0 Å². The summed E-state index contributed by atoms with van der Waals surface area (Å²) in [5.41, 5.74) is 2.06. The van der Waals surface area contributed by atoms with E-state index in [-0.39, 0.29) is 5.91 Å². The third-order valence-electron chi connectivity index (χ3n) is 2.92. The highest BCUT2D eigenvalue weighted by molar-refractivity contribution is 5.92. The van der Waals surface area contributed by atoms with E-state index in [2.05, 4.69) is 15.6 Å². The molecule has 0 aliphatic heterocycles. The van der Waals surface area contributed by atoms with Gasteiger partial charge in [0.25, 0.3) is 5.91 Å². The largest absolute Gasteiger partial charge is 0.495 e. The molecule has 110 valence electrons. The molecule has 2 aromatic rings. The molecule has 0 aliphatic rings. The van der Waals surface area contributed by atoms with Gasteiger partial charge in [-0.05, 0) is 30.7 Å². The minimum Gasteiger partial charge on any atom is -0.495 e. The van der Waals surface area contributed by atoms with Crippen LogP contribution in [0.4, 0.5) is 11.4 Å². The summed E-state index contributed by atoms with van der Waals surface area (Å²) < 4.78 is 5.28. The Morgan fingerprint density at radius 3 is 2.71 bits per heavy atom. The number of rotatable bonds is 6. The van der Waals surface area contributed by atoms with Gasteiger partial charge in [-0.1, -0.05) is 19.1 Å². The highest BCUT2D eigenvalue weighted by Gasteiger charge is 2.07. The lowest BCUT2D eigenvalue weighted by molar-refractivity contribution is 0.0949. The molecule has 0 unspecified atom stereocenters. The van der Waals surface area contributed by atoms with Crippen LogP contribution < -0.4 is 15.4 Å². The van der Waals surface area contributed by atoms with Gasteiger partial charge in [-0.3, -0.25) is 4.79 Å². The van der Waals surface area contributed by atoms with Crippen molar-refractivity contribution in [2.24, 2.45) is 0 Å².